The van der Waals surface area contributed by atoms with Crippen LogP contribution in [0.3, 0.4) is 0 Å². The molecule has 0 aliphatic heterocycles. The molecule has 0 aromatic heterocycles. The van der Waals surface area contributed by atoms with Crippen LogP contribution >= 0.6 is 0 Å². The third-order valence-corrected chi connectivity index (χ3v) is 6.78. The first-order valence-corrected chi connectivity index (χ1v) is 9.64. The van der Waals surface area contributed by atoms with E-state index in [1.165, 1.54) is 13.8 Å². The maximum Gasteiger partial charge on any atom is 0.235 e. The van der Waals surface area contributed by atoms with E-state index in [0.29, 0.717) is 5.56 Å². The summed E-state index contributed by atoms with van der Waals surface area (Å²) < 4.78 is 37.8. The Morgan fingerprint density at radius 2 is 1.29 bits per heavy atom. The standard InChI is InChI=1S/C19H26O4S/c1-18(2,3)15-11-13-17(14-12-15)23-24(20,21,22)19(4,5)16-9-7-6-8-10-16/h6-14H,1-5H3,(H2,20,21,22). The molecule has 0 spiro atoms. The molecule has 0 saturated carbocycles. The molecule has 5 heteroatoms. The van der Waals surface area contributed by atoms with E-state index in [-0.39, 0.29) is 11.2 Å². The second-order valence-corrected chi connectivity index (χ2v) is 10.3. The van der Waals surface area contributed by atoms with Gasteiger partial charge in [-0.05, 0) is 42.5 Å². The summed E-state index contributed by atoms with van der Waals surface area (Å²) in [5.74, 6) is 0.147. The van der Waals surface area contributed by atoms with E-state index < -0.39 is 14.7 Å². The molecule has 0 aliphatic rings. The van der Waals surface area contributed by atoms with Gasteiger partial charge in [-0.25, -0.2) is 0 Å². The maximum absolute atomic E-state index is 12.9. The molecule has 2 N–H and O–H groups in total. The Kier molecular flexibility index (Phi) is 4.42. The first-order chi connectivity index (χ1) is 10.8. The van der Waals surface area contributed by atoms with Crippen molar-refractivity contribution in [2.45, 2.75) is 44.8 Å². The fourth-order valence-corrected chi connectivity index (χ4v) is 3.54. The number of hydrogen-bond acceptors (Lipinski definition) is 2. The van der Waals surface area contributed by atoms with Gasteiger partial charge in [0.2, 0.25) is 9.91 Å². The number of hydrogen-bond donors (Lipinski definition) is 2. The zero-order chi connectivity index (χ0) is 18.3. The fourth-order valence-electron chi connectivity index (χ4n) is 2.33. The van der Waals surface area contributed by atoms with Crippen LogP contribution in [-0.4, -0.2) is 13.3 Å². The lowest BCUT2D eigenvalue weighted by molar-refractivity contribution is 0.262. The Morgan fingerprint density at radius 1 is 0.792 bits per heavy atom. The van der Waals surface area contributed by atoms with Crippen LogP contribution in [-0.2, 0) is 20.1 Å². The van der Waals surface area contributed by atoms with E-state index in [0.717, 1.165) is 5.56 Å². The molecular formula is C19H26O4S. The van der Waals surface area contributed by atoms with Crippen LogP contribution in [0.15, 0.2) is 54.6 Å². The van der Waals surface area contributed by atoms with Crippen LogP contribution in [0.2, 0.25) is 0 Å². The SMILES string of the molecule is CC(C)(C)c1ccc(OS(=O)(O)(O)C(C)(C)c2ccccc2)cc1. The van der Waals surface area contributed by atoms with Crippen molar-refractivity contribution in [1.82, 2.24) is 0 Å². The molecule has 0 amide bonds. The van der Waals surface area contributed by atoms with Crippen molar-refractivity contribution in [1.29, 1.82) is 0 Å². The highest BCUT2D eigenvalue weighted by Gasteiger charge is 2.51. The van der Waals surface area contributed by atoms with Gasteiger partial charge >= 0.3 is 0 Å². The molecule has 2 aromatic carbocycles. The molecular weight excluding hydrogens is 324 g/mol. The van der Waals surface area contributed by atoms with E-state index in [2.05, 4.69) is 20.8 Å². The third kappa shape index (κ3) is 3.53. The molecule has 0 bridgehead atoms. The minimum absolute atomic E-state index is 0.0403. The summed E-state index contributed by atoms with van der Waals surface area (Å²) in [5, 5.41) is 0. The predicted octanol–water partition coefficient (Wildman–Crippen LogP) is 4.98. The van der Waals surface area contributed by atoms with E-state index in [1.807, 2.05) is 12.1 Å². The topological polar surface area (TPSA) is 66.8 Å². The number of rotatable bonds is 4. The van der Waals surface area contributed by atoms with Crippen LogP contribution in [0.5, 0.6) is 5.75 Å². The van der Waals surface area contributed by atoms with Gasteiger partial charge in [0, 0.05) is 0 Å². The zero-order valence-corrected chi connectivity index (χ0v) is 15.6. The van der Waals surface area contributed by atoms with Crippen LogP contribution in [0.1, 0.15) is 45.7 Å². The summed E-state index contributed by atoms with van der Waals surface area (Å²) >= 11 is 0. The van der Waals surface area contributed by atoms with Crippen molar-refractivity contribution in [3.63, 3.8) is 0 Å². The lowest BCUT2D eigenvalue weighted by Gasteiger charge is -2.44. The van der Waals surface area contributed by atoms with Crippen molar-refractivity contribution < 1.29 is 17.5 Å². The molecule has 0 saturated heterocycles. The Bertz CT molecular complexity index is 765. The molecule has 132 valence electrons. The summed E-state index contributed by atoms with van der Waals surface area (Å²) in [5.41, 5.74) is 1.54. The molecule has 0 fully saturated rings. The van der Waals surface area contributed by atoms with E-state index >= 15 is 0 Å². The van der Waals surface area contributed by atoms with Crippen molar-refractivity contribution in [2.24, 2.45) is 0 Å². The van der Waals surface area contributed by atoms with Crippen LogP contribution in [0.4, 0.5) is 0 Å². The fraction of sp³-hybridized carbons (Fsp3) is 0.368. The first-order valence-electron chi connectivity index (χ1n) is 7.84. The first kappa shape index (κ1) is 18.6. The molecule has 0 radical (unpaired) electrons. The summed E-state index contributed by atoms with van der Waals surface area (Å²) in [6.07, 6.45) is 0. The second-order valence-electron chi connectivity index (χ2n) is 7.53. The highest BCUT2D eigenvalue weighted by Crippen LogP contribution is 2.43. The average Bonchev–Trinajstić information content (AvgIpc) is 2.46. The molecule has 2 rings (SSSR count). The average molecular weight is 350 g/mol. The van der Waals surface area contributed by atoms with Crippen molar-refractivity contribution in [2.75, 3.05) is 0 Å². The Labute approximate surface area is 144 Å². The van der Waals surface area contributed by atoms with Crippen molar-refractivity contribution in [3.05, 3.63) is 65.7 Å². The van der Waals surface area contributed by atoms with Gasteiger partial charge in [-0.15, -0.1) is 0 Å². The molecule has 0 heterocycles. The second kappa shape index (κ2) is 5.69. The summed E-state index contributed by atoms with van der Waals surface area (Å²) in [6.45, 7) is 9.20. The minimum Gasteiger partial charge on any atom is -0.385 e. The van der Waals surface area contributed by atoms with Gasteiger partial charge in [0.1, 0.15) is 10.5 Å². The summed E-state index contributed by atoms with van der Waals surface area (Å²) in [4.78, 5) is 0. The molecule has 4 nitrogen and oxygen atoms in total. The van der Waals surface area contributed by atoms with Gasteiger partial charge in [0.15, 0.2) is 0 Å². The lowest BCUT2D eigenvalue weighted by atomic mass is 9.87. The quantitative estimate of drug-likeness (QED) is 0.816. The highest BCUT2D eigenvalue weighted by molar-refractivity contribution is 8.07. The molecule has 0 aliphatic carbocycles. The van der Waals surface area contributed by atoms with Crippen molar-refractivity contribution >= 4 is 9.91 Å². The molecule has 0 unspecified atom stereocenters. The van der Waals surface area contributed by atoms with E-state index in [4.69, 9.17) is 4.18 Å². The van der Waals surface area contributed by atoms with Gasteiger partial charge in [-0.2, -0.15) is 4.21 Å². The van der Waals surface area contributed by atoms with Gasteiger partial charge in [-0.1, -0.05) is 63.2 Å². The van der Waals surface area contributed by atoms with Gasteiger partial charge in [-0.3, -0.25) is 9.11 Å². The third-order valence-electron chi connectivity index (χ3n) is 4.31. The highest BCUT2D eigenvalue weighted by atomic mass is 32.3. The van der Waals surface area contributed by atoms with Gasteiger partial charge in [0.25, 0.3) is 0 Å². The number of benzene rings is 2. The largest absolute Gasteiger partial charge is 0.385 e. The maximum atomic E-state index is 12.9. The van der Waals surface area contributed by atoms with E-state index in [9.17, 15) is 13.3 Å². The smallest absolute Gasteiger partial charge is 0.235 e. The van der Waals surface area contributed by atoms with Crippen LogP contribution in [0.25, 0.3) is 0 Å². The predicted molar refractivity (Wildman–Crippen MR) is 98.6 cm³/mol. The Balaban J connectivity index is 2.37. The van der Waals surface area contributed by atoms with Crippen LogP contribution in [0, 0.1) is 0 Å². The Morgan fingerprint density at radius 3 is 1.75 bits per heavy atom. The lowest BCUT2D eigenvalue weighted by Crippen LogP contribution is -2.53. The Hall–Kier alpha value is -1.69. The van der Waals surface area contributed by atoms with E-state index in [1.54, 1.807) is 42.5 Å². The molecule has 24 heavy (non-hydrogen) atoms. The summed E-state index contributed by atoms with van der Waals surface area (Å²) in [6, 6.07) is 15.5. The molecule has 2 aromatic rings. The summed E-state index contributed by atoms with van der Waals surface area (Å²) in [7, 11) is -5.43. The van der Waals surface area contributed by atoms with Gasteiger partial charge < -0.3 is 4.18 Å². The normalized spacial score (nSPS) is 14.7. The van der Waals surface area contributed by atoms with Crippen LogP contribution < -0.4 is 4.18 Å². The monoisotopic (exact) mass is 350 g/mol. The van der Waals surface area contributed by atoms with Crippen molar-refractivity contribution in [3.8, 4) is 5.75 Å². The zero-order valence-electron chi connectivity index (χ0n) is 14.8. The molecule has 0 atom stereocenters. The minimum atomic E-state index is -5.43. The van der Waals surface area contributed by atoms with Gasteiger partial charge in [0.05, 0.1) is 0 Å².